The number of nitrogens with one attached hydrogen (secondary N) is 1. The number of nitrogens with zero attached hydrogens (tertiary/aromatic N) is 1. The van der Waals surface area contributed by atoms with Crippen LogP contribution in [0.3, 0.4) is 0 Å². The van der Waals surface area contributed by atoms with Crippen molar-refractivity contribution < 1.29 is 17.9 Å². The molecule has 7 heteroatoms. The Kier molecular flexibility index (Phi) is 6.19. The average Bonchev–Trinajstić information content (AvgIpc) is 2.74. The summed E-state index contributed by atoms with van der Waals surface area (Å²) in [4.78, 5) is 14.4. The fraction of sp³-hybridized carbons (Fsp3) is 0.136. The van der Waals surface area contributed by atoms with Gasteiger partial charge in [0.2, 0.25) is 0 Å². The maximum atomic E-state index is 12.7. The van der Waals surface area contributed by atoms with Gasteiger partial charge >= 0.3 is 0 Å². The number of amides is 1. The van der Waals surface area contributed by atoms with Gasteiger partial charge in [0.25, 0.3) is 15.9 Å². The van der Waals surface area contributed by atoms with E-state index in [1.807, 2.05) is 30.3 Å². The van der Waals surface area contributed by atoms with E-state index in [0.717, 1.165) is 5.56 Å². The Hall–Kier alpha value is -3.32. The van der Waals surface area contributed by atoms with Gasteiger partial charge in [-0.25, -0.2) is 8.42 Å². The van der Waals surface area contributed by atoms with Gasteiger partial charge in [-0.3, -0.25) is 9.52 Å². The number of hydrogen-bond acceptors (Lipinski definition) is 4. The van der Waals surface area contributed by atoms with Gasteiger partial charge in [0.1, 0.15) is 5.75 Å². The van der Waals surface area contributed by atoms with E-state index in [2.05, 4.69) is 4.72 Å². The van der Waals surface area contributed by atoms with Crippen LogP contribution < -0.4 is 9.46 Å². The van der Waals surface area contributed by atoms with Crippen LogP contribution in [0.25, 0.3) is 0 Å². The number of rotatable bonds is 7. The molecule has 1 amide bonds. The van der Waals surface area contributed by atoms with Crippen molar-refractivity contribution in [2.45, 2.75) is 11.4 Å². The molecule has 0 aliphatic rings. The maximum Gasteiger partial charge on any atom is 0.261 e. The van der Waals surface area contributed by atoms with E-state index < -0.39 is 10.0 Å². The van der Waals surface area contributed by atoms with E-state index in [1.54, 1.807) is 42.3 Å². The number of methoxy groups -OCH3 is 1. The molecule has 6 nitrogen and oxygen atoms in total. The number of sulfonamides is 1. The van der Waals surface area contributed by atoms with Crippen molar-refractivity contribution in [2.75, 3.05) is 18.9 Å². The van der Waals surface area contributed by atoms with Crippen LogP contribution in [0, 0.1) is 0 Å². The van der Waals surface area contributed by atoms with Gasteiger partial charge in [-0.1, -0.05) is 36.4 Å². The van der Waals surface area contributed by atoms with Crippen molar-refractivity contribution >= 4 is 21.6 Å². The Morgan fingerprint density at radius 2 is 1.66 bits per heavy atom. The molecule has 150 valence electrons. The SMILES string of the molecule is COc1ccc(S(=O)(=O)Nc2cccc(C(=O)N(C)Cc3ccccc3)c2)cc1. The lowest BCUT2D eigenvalue weighted by Gasteiger charge is -2.18. The van der Waals surface area contributed by atoms with Gasteiger partial charge in [-0.2, -0.15) is 0 Å². The first-order chi connectivity index (χ1) is 13.9. The largest absolute Gasteiger partial charge is 0.497 e. The van der Waals surface area contributed by atoms with Crippen LogP contribution >= 0.6 is 0 Å². The highest BCUT2D eigenvalue weighted by molar-refractivity contribution is 7.92. The van der Waals surface area contributed by atoms with Gasteiger partial charge in [0, 0.05) is 24.8 Å². The summed E-state index contributed by atoms with van der Waals surface area (Å²) < 4.78 is 32.8. The van der Waals surface area contributed by atoms with Crippen molar-refractivity contribution in [3.8, 4) is 5.75 Å². The third kappa shape index (κ3) is 5.14. The molecule has 0 atom stereocenters. The molecule has 1 N–H and O–H groups in total. The topological polar surface area (TPSA) is 75.7 Å². The molecule has 3 aromatic carbocycles. The van der Waals surface area contributed by atoms with E-state index in [9.17, 15) is 13.2 Å². The summed E-state index contributed by atoms with van der Waals surface area (Å²) >= 11 is 0. The molecule has 0 saturated heterocycles. The van der Waals surface area contributed by atoms with Gasteiger partial charge in [-0.05, 0) is 48.0 Å². The minimum absolute atomic E-state index is 0.108. The number of carbonyl (C=O) groups excluding carboxylic acids is 1. The van der Waals surface area contributed by atoms with Crippen molar-refractivity contribution in [2.24, 2.45) is 0 Å². The molecule has 0 heterocycles. The summed E-state index contributed by atoms with van der Waals surface area (Å²) in [5.41, 5.74) is 1.73. The molecule has 3 aromatic rings. The van der Waals surface area contributed by atoms with Gasteiger partial charge in [-0.15, -0.1) is 0 Å². The summed E-state index contributed by atoms with van der Waals surface area (Å²) in [5.74, 6) is 0.373. The molecule has 0 aromatic heterocycles. The van der Waals surface area contributed by atoms with E-state index in [0.29, 0.717) is 23.5 Å². The van der Waals surface area contributed by atoms with E-state index >= 15 is 0 Å². The predicted octanol–water partition coefficient (Wildman–Crippen LogP) is 3.77. The number of hydrogen-bond donors (Lipinski definition) is 1. The third-order valence-electron chi connectivity index (χ3n) is 4.34. The standard InChI is InChI=1S/C22H22N2O4S/c1-24(16-17-7-4-3-5-8-17)22(25)18-9-6-10-19(15-18)23-29(26,27)21-13-11-20(28-2)12-14-21/h3-15,23H,16H2,1-2H3. The lowest BCUT2D eigenvalue weighted by atomic mass is 10.1. The molecule has 0 unspecified atom stereocenters. The Balaban J connectivity index is 1.75. The second-order valence-electron chi connectivity index (χ2n) is 6.51. The quantitative estimate of drug-likeness (QED) is 0.643. The summed E-state index contributed by atoms with van der Waals surface area (Å²) in [5, 5.41) is 0. The smallest absolute Gasteiger partial charge is 0.261 e. The van der Waals surface area contributed by atoms with Crippen LogP contribution in [0.15, 0.2) is 83.8 Å². The highest BCUT2D eigenvalue weighted by Crippen LogP contribution is 2.20. The lowest BCUT2D eigenvalue weighted by molar-refractivity contribution is 0.0785. The van der Waals surface area contributed by atoms with Gasteiger partial charge in [0.15, 0.2) is 0 Å². The van der Waals surface area contributed by atoms with E-state index in [4.69, 9.17) is 4.74 Å². The van der Waals surface area contributed by atoms with Crippen LogP contribution in [0.5, 0.6) is 5.75 Å². The summed E-state index contributed by atoms with van der Waals surface area (Å²) in [7, 11) is -0.555. The van der Waals surface area contributed by atoms with Crippen LogP contribution in [-0.4, -0.2) is 33.4 Å². The number of ether oxygens (including phenoxy) is 1. The second kappa shape index (κ2) is 8.79. The number of benzene rings is 3. The predicted molar refractivity (Wildman–Crippen MR) is 112 cm³/mol. The first-order valence-electron chi connectivity index (χ1n) is 8.95. The molecule has 29 heavy (non-hydrogen) atoms. The van der Waals surface area contributed by atoms with Crippen molar-refractivity contribution in [3.05, 3.63) is 90.0 Å². The van der Waals surface area contributed by atoms with Crippen LogP contribution in [0.4, 0.5) is 5.69 Å². The van der Waals surface area contributed by atoms with Crippen LogP contribution in [0.2, 0.25) is 0 Å². The van der Waals surface area contributed by atoms with Crippen LogP contribution in [0.1, 0.15) is 15.9 Å². The summed E-state index contributed by atoms with van der Waals surface area (Å²) in [6.45, 7) is 0.460. The Bertz CT molecular complexity index is 1080. The van der Waals surface area contributed by atoms with E-state index in [1.165, 1.54) is 25.3 Å². The zero-order valence-corrected chi connectivity index (χ0v) is 17.0. The molecule has 0 saturated carbocycles. The molecular weight excluding hydrogens is 388 g/mol. The van der Waals surface area contributed by atoms with Gasteiger partial charge in [0.05, 0.1) is 12.0 Å². The van der Waals surface area contributed by atoms with E-state index in [-0.39, 0.29) is 10.8 Å². The van der Waals surface area contributed by atoms with Crippen molar-refractivity contribution in [3.63, 3.8) is 0 Å². The molecule has 0 aliphatic heterocycles. The zero-order valence-electron chi connectivity index (χ0n) is 16.2. The molecule has 3 rings (SSSR count). The first-order valence-corrected chi connectivity index (χ1v) is 10.4. The Labute approximate surface area is 170 Å². The molecule has 0 radical (unpaired) electrons. The summed E-state index contributed by atoms with van der Waals surface area (Å²) in [6, 6.07) is 22.2. The molecule has 0 aliphatic carbocycles. The normalized spacial score (nSPS) is 11.0. The fourth-order valence-corrected chi connectivity index (χ4v) is 3.88. The molecule has 0 bridgehead atoms. The van der Waals surface area contributed by atoms with Gasteiger partial charge < -0.3 is 9.64 Å². The zero-order chi connectivity index (χ0) is 20.9. The number of anilines is 1. The maximum absolute atomic E-state index is 12.7. The average molecular weight is 410 g/mol. The first kappa shape index (κ1) is 20.4. The number of carbonyl (C=O) groups is 1. The lowest BCUT2D eigenvalue weighted by Crippen LogP contribution is -2.26. The van der Waals surface area contributed by atoms with Crippen molar-refractivity contribution in [1.29, 1.82) is 0 Å². The second-order valence-corrected chi connectivity index (χ2v) is 8.19. The molecule has 0 spiro atoms. The Morgan fingerprint density at radius 1 is 0.966 bits per heavy atom. The molecular formula is C22H22N2O4S. The Morgan fingerprint density at radius 3 is 2.31 bits per heavy atom. The summed E-state index contributed by atoms with van der Waals surface area (Å²) in [6.07, 6.45) is 0. The highest BCUT2D eigenvalue weighted by atomic mass is 32.2. The third-order valence-corrected chi connectivity index (χ3v) is 5.74. The van der Waals surface area contributed by atoms with Crippen molar-refractivity contribution in [1.82, 2.24) is 4.90 Å². The molecule has 0 fully saturated rings. The highest BCUT2D eigenvalue weighted by Gasteiger charge is 2.17. The monoisotopic (exact) mass is 410 g/mol. The van der Waals surface area contributed by atoms with Crippen LogP contribution in [-0.2, 0) is 16.6 Å². The fourth-order valence-electron chi connectivity index (χ4n) is 2.83. The minimum atomic E-state index is -3.78. The minimum Gasteiger partial charge on any atom is -0.497 e.